The number of rotatable bonds is 3. The van der Waals surface area contributed by atoms with E-state index in [1.165, 1.54) is 0 Å². The highest BCUT2D eigenvalue weighted by molar-refractivity contribution is 5.74. The van der Waals surface area contributed by atoms with Crippen LogP contribution in [0.5, 0.6) is 0 Å². The molecular formula is C10H17NO3. The van der Waals surface area contributed by atoms with E-state index in [1.807, 2.05) is 13.8 Å². The summed E-state index contributed by atoms with van der Waals surface area (Å²) in [7, 11) is 0. The van der Waals surface area contributed by atoms with Crippen molar-refractivity contribution in [3.63, 3.8) is 0 Å². The van der Waals surface area contributed by atoms with Crippen LogP contribution in [0.3, 0.4) is 0 Å². The average molecular weight is 199 g/mol. The zero-order valence-corrected chi connectivity index (χ0v) is 8.64. The predicted octanol–water partition coefficient (Wildman–Crippen LogP) is 0.569. The molecule has 0 spiro atoms. The number of morpholine rings is 1. The van der Waals surface area contributed by atoms with Crippen LogP contribution < -0.4 is 0 Å². The normalized spacial score (nSPS) is 33.9. The molecule has 4 heteroatoms. The quantitative estimate of drug-likeness (QED) is 0.722. The number of nitrogens with zero attached hydrogens (tertiary/aromatic N) is 1. The molecule has 2 aliphatic rings. The summed E-state index contributed by atoms with van der Waals surface area (Å²) < 4.78 is 5.46. The van der Waals surface area contributed by atoms with E-state index >= 15 is 0 Å². The molecule has 0 saturated carbocycles. The predicted molar refractivity (Wildman–Crippen MR) is 51.1 cm³/mol. The largest absolute Gasteiger partial charge is 0.480 e. The molecule has 2 fully saturated rings. The fourth-order valence-corrected chi connectivity index (χ4v) is 2.58. The molecule has 0 aromatic heterocycles. The number of carboxylic acid groups (broad SMARTS) is 1. The van der Waals surface area contributed by atoms with Crippen LogP contribution in [0.25, 0.3) is 0 Å². The van der Waals surface area contributed by atoms with Gasteiger partial charge >= 0.3 is 5.97 Å². The second kappa shape index (κ2) is 3.51. The van der Waals surface area contributed by atoms with Crippen LogP contribution in [-0.2, 0) is 9.53 Å². The van der Waals surface area contributed by atoms with Gasteiger partial charge in [-0.1, -0.05) is 13.8 Å². The van der Waals surface area contributed by atoms with E-state index in [1.54, 1.807) is 0 Å². The van der Waals surface area contributed by atoms with Gasteiger partial charge in [0.15, 0.2) is 0 Å². The maximum absolute atomic E-state index is 11.1. The average Bonchev–Trinajstić information content (AvgIpc) is 2.63. The molecule has 0 aromatic carbocycles. The first-order valence-electron chi connectivity index (χ1n) is 5.19. The number of carboxylic acids is 1. The van der Waals surface area contributed by atoms with Crippen molar-refractivity contribution in [3.05, 3.63) is 0 Å². The summed E-state index contributed by atoms with van der Waals surface area (Å²) in [6.45, 7) is 5.43. The van der Waals surface area contributed by atoms with Gasteiger partial charge in [0.2, 0.25) is 0 Å². The number of hydrogen-bond acceptors (Lipinski definition) is 3. The number of aliphatic carboxylic acids is 1. The molecule has 0 radical (unpaired) electrons. The number of carbonyl (C=O) groups is 1. The Labute approximate surface area is 83.8 Å². The van der Waals surface area contributed by atoms with Gasteiger partial charge in [-0.15, -0.1) is 0 Å². The molecule has 0 amide bonds. The van der Waals surface area contributed by atoms with Gasteiger partial charge in [-0.25, -0.2) is 0 Å². The summed E-state index contributed by atoms with van der Waals surface area (Å²) in [5.41, 5.74) is 0. The lowest BCUT2D eigenvalue weighted by Gasteiger charge is -2.34. The Hall–Kier alpha value is -0.610. The van der Waals surface area contributed by atoms with Crippen molar-refractivity contribution >= 4 is 5.97 Å². The minimum absolute atomic E-state index is 0.159. The zero-order chi connectivity index (χ0) is 10.3. The van der Waals surface area contributed by atoms with E-state index in [-0.39, 0.29) is 18.1 Å². The standard InChI is InChI=1S/C10H17NO3/c1-6(2)9(10(12)13)11-4-8-3-7(11)5-14-8/h6-9H,3-5H2,1-2H3,(H,12,13). The van der Waals surface area contributed by atoms with Crippen molar-refractivity contribution in [3.8, 4) is 0 Å². The molecule has 3 atom stereocenters. The van der Waals surface area contributed by atoms with Crippen molar-refractivity contribution in [2.45, 2.75) is 38.5 Å². The zero-order valence-electron chi connectivity index (χ0n) is 8.64. The van der Waals surface area contributed by atoms with Crippen molar-refractivity contribution in [1.82, 2.24) is 4.90 Å². The van der Waals surface area contributed by atoms with Gasteiger partial charge in [0.1, 0.15) is 6.04 Å². The van der Waals surface area contributed by atoms with Crippen LogP contribution in [0, 0.1) is 5.92 Å². The lowest BCUT2D eigenvalue weighted by molar-refractivity contribution is -0.147. The van der Waals surface area contributed by atoms with E-state index in [0.717, 1.165) is 13.0 Å². The Kier molecular flexibility index (Phi) is 2.49. The van der Waals surface area contributed by atoms with Crippen LogP contribution >= 0.6 is 0 Å². The van der Waals surface area contributed by atoms with Gasteiger partial charge in [-0.3, -0.25) is 9.69 Å². The van der Waals surface area contributed by atoms with Crippen LogP contribution in [0.2, 0.25) is 0 Å². The second-order valence-electron chi connectivity index (χ2n) is 4.57. The van der Waals surface area contributed by atoms with Crippen molar-refractivity contribution in [2.75, 3.05) is 13.2 Å². The van der Waals surface area contributed by atoms with Crippen LogP contribution in [-0.4, -0.2) is 47.3 Å². The van der Waals surface area contributed by atoms with Gasteiger partial charge in [0, 0.05) is 12.6 Å². The Morgan fingerprint density at radius 2 is 2.29 bits per heavy atom. The van der Waals surface area contributed by atoms with Crippen LogP contribution in [0.4, 0.5) is 0 Å². The first-order valence-corrected chi connectivity index (χ1v) is 5.19. The Morgan fingerprint density at radius 3 is 2.64 bits per heavy atom. The highest BCUT2D eigenvalue weighted by Gasteiger charge is 2.45. The first-order chi connectivity index (χ1) is 6.59. The fraction of sp³-hybridized carbons (Fsp3) is 0.900. The molecule has 0 aromatic rings. The SMILES string of the molecule is CC(C)C(C(=O)O)N1CC2CC1CO2. The van der Waals surface area contributed by atoms with Crippen molar-refractivity contribution < 1.29 is 14.6 Å². The van der Waals surface area contributed by atoms with Crippen molar-refractivity contribution in [1.29, 1.82) is 0 Å². The molecule has 2 saturated heterocycles. The van der Waals surface area contributed by atoms with E-state index in [9.17, 15) is 4.79 Å². The second-order valence-corrected chi connectivity index (χ2v) is 4.57. The summed E-state index contributed by atoms with van der Waals surface area (Å²) in [4.78, 5) is 13.2. The lowest BCUT2D eigenvalue weighted by Crippen LogP contribution is -2.50. The fourth-order valence-electron chi connectivity index (χ4n) is 2.58. The molecule has 0 aliphatic carbocycles. The summed E-state index contributed by atoms with van der Waals surface area (Å²) in [5, 5.41) is 9.15. The van der Waals surface area contributed by atoms with Gasteiger partial charge in [-0.05, 0) is 12.3 Å². The summed E-state index contributed by atoms with van der Waals surface area (Å²) >= 11 is 0. The first kappa shape index (κ1) is 9.93. The topological polar surface area (TPSA) is 49.8 Å². The number of fused-ring (bicyclic) bond motifs is 2. The summed E-state index contributed by atoms with van der Waals surface area (Å²) in [6, 6.07) is -0.00241. The molecule has 2 rings (SSSR count). The van der Waals surface area contributed by atoms with Crippen molar-refractivity contribution in [2.24, 2.45) is 5.92 Å². The molecule has 2 bridgehead atoms. The molecule has 80 valence electrons. The molecule has 1 N–H and O–H groups in total. The van der Waals surface area contributed by atoms with E-state index in [2.05, 4.69) is 4.90 Å². The Bertz CT molecular complexity index is 242. The summed E-state index contributed by atoms with van der Waals surface area (Å²) in [5.74, 6) is -0.542. The van der Waals surface area contributed by atoms with Gasteiger partial charge in [0.05, 0.1) is 12.7 Å². The Balaban J connectivity index is 2.09. The van der Waals surface area contributed by atoms with Gasteiger partial charge < -0.3 is 9.84 Å². The highest BCUT2D eigenvalue weighted by Crippen LogP contribution is 2.31. The summed E-state index contributed by atoms with van der Waals surface area (Å²) in [6.07, 6.45) is 1.29. The van der Waals surface area contributed by atoms with E-state index < -0.39 is 5.97 Å². The smallest absolute Gasteiger partial charge is 0.321 e. The highest BCUT2D eigenvalue weighted by atomic mass is 16.5. The maximum atomic E-state index is 11.1. The number of likely N-dealkylation sites (tertiary alicyclic amines) is 1. The molecule has 4 nitrogen and oxygen atoms in total. The maximum Gasteiger partial charge on any atom is 0.321 e. The third kappa shape index (κ3) is 1.53. The molecular weight excluding hydrogens is 182 g/mol. The molecule has 14 heavy (non-hydrogen) atoms. The minimum Gasteiger partial charge on any atom is -0.480 e. The minimum atomic E-state index is -0.701. The van der Waals surface area contributed by atoms with E-state index in [4.69, 9.17) is 9.84 Å². The number of ether oxygens (including phenoxy) is 1. The molecule has 3 unspecified atom stereocenters. The lowest BCUT2D eigenvalue weighted by atomic mass is 10.0. The van der Waals surface area contributed by atoms with Crippen LogP contribution in [0.1, 0.15) is 20.3 Å². The third-order valence-corrected chi connectivity index (χ3v) is 3.18. The Morgan fingerprint density at radius 1 is 1.57 bits per heavy atom. The van der Waals surface area contributed by atoms with Gasteiger partial charge in [0.25, 0.3) is 0 Å². The number of hydrogen-bond donors (Lipinski definition) is 1. The molecule has 2 aliphatic heterocycles. The van der Waals surface area contributed by atoms with Gasteiger partial charge in [-0.2, -0.15) is 0 Å². The molecule has 2 heterocycles. The van der Waals surface area contributed by atoms with E-state index in [0.29, 0.717) is 12.6 Å². The monoisotopic (exact) mass is 199 g/mol. The van der Waals surface area contributed by atoms with Crippen LogP contribution in [0.15, 0.2) is 0 Å². The third-order valence-electron chi connectivity index (χ3n) is 3.18.